The Labute approximate surface area is 153 Å². The fourth-order valence-corrected chi connectivity index (χ4v) is 3.04. The molecule has 1 atom stereocenters. The number of allylic oxidation sites excluding steroid dienone is 2. The highest BCUT2D eigenvalue weighted by molar-refractivity contribution is 5.99. The summed E-state index contributed by atoms with van der Waals surface area (Å²) in [5, 5.41) is 12.3. The van der Waals surface area contributed by atoms with Gasteiger partial charge in [0.2, 0.25) is 0 Å². The maximum Gasteiger partial charge on any atom is 0.337 e. The number of carbonyl (C=O) groups is 2. The number of rotatable bonds is 4. The van der Waals surface area contributed by atoms with Crippen molar-refractivity contribution >= 4 is 11.9 Å². The molecule has 1 N–H and O–H groups in total. The van der Waals surface area contributed by atoms with Crippen molar-refractivity contribution in [3.05, 3.63) is 57.9 Å². The van der Waals surface area contributed by atoms with Gasteiger partial charge in [0.05, 0.1) is 41.9 Å². The van der Waals surface area contributed by atoms with Crippen molar-refractivity contribution in [1.82, 2.24) is 5.32 Å². The van der Waals surface area contributed by atoms with Crippen molar-refractivity contribution in [2.24, 2.45) is 0 Å². The SMILES string of the molecule is COC(=O)C1=C(C)NC(C)=C(C(=O)OC(C)C)C1c1cccc(C#N)c1. The third-order valence-electron chi connectivity index (χ3n) is 4.08. The first-order valence-corrected chi connectivity index (χ1v) is 8.28. The number of carbonyl (C=O) groups excluding carboxylic acids is 2. The average Bonchev–Trinajstić information content (AvgIpc) is 2.59. The van der Waals surface area contributed by atoms with Crippen LogP contribution in [0.1, 0.15) is 44.7 Å². The van der Waals surface area contributed by atoms with E-state index in [4.69, 9.17) is 9.47 Å². The molecule has 1 unspecified atom stereocenters. The quantitative estimate of drug-likeness (QED) is 0.837. The van der Waals surface area contributed by atoms with Crippen LogP contribution in [0.3, 0.4) is 0 Å². The molecule has 1 aromatic rings. The molecule has 1 heterocycles. The first-order chi connectivity index (χ1) is 12.3. The summed E-state index contributed by atoms with van der Waals surface area (Å²) in [6.45, 7) is 7.03. The molecule has 0 aliphatic carbocycles. The molecule has 1 aromatic carbocycles. The molecule has 0 fully saturated rings. The van der Waals surface area contributed by atoms with Crippen LogP contribution in [0.4, 0.5) is 0 Å². The van der Waals surface area contributed by atoms with Crippen LogP contribution < -0.4 is 5.32 Å². The zero-order valence-electron chi connectivity index (χ0n) is 15.5. The number of dihydropyridines is 1. The number of methoxy groups -OCH3 is 1. The minimum absolute atomic E-state index is 0.303. The van der Waals surface area contributed by atoms with Crippen molar-refractivity contribution in [3.8, 4) is 6.07 Å². The minimum Gasteiger partial charge on any atom is -0.466 e. The fraction of sp³-hybridized carbons (Fsp3) is 0.350. The van der Waals surface area contributed by atoms with Gasteiger partial charge < -0.3 is 14.8 Å². The molecule has 0 spiro atoms. The Morgan fingerprint density at radius 2 is 1.77 bits per heavy atom. The molecule has 0 bridgehead atoms. The van der Waals surface area contributed by atoms with Crippen LogP contribution >= 0.6 is 0 Å². The van der Waals surface area contributed by atoms with E-state index in [0.717, 1.165) is 0 Å². The summed E-state index contributed by atoms with van der Waals surface area (Å²) in [5.74, 6) is -1.72. The Bertz CT molecular complexity index is 844. The first-order valence-electron chi connectivity index (χ1n) is 8.28. The van der Waals surface area contributed by atoms with Crippen LogP contribution in [0.25, 0.3) is 0 Å². The largest absolute Gasteiger partial charge is 0.466 e. The Kier molecular flexibility index (Phi) is 5.83. The van der Waals surface area contributed by atoms with Gasteiger partial charge in [-0.3, -0.25) is 0 Å². The summed E-state index contributed by atoms with van der Waals surface area (Å²) in [5.41, 5.74) is 2.96. The van der Waals surface area contributed by atoms with Gasteiger partial charge in [-0.05, 0) is 45.4 Å². The number of hydrogen-bond donors (Lipinski definition) is 1. The van der Waals surface area contributed by atoms with E-state index in [1.54, 1.807) is 52.0 Å². The van der Waals surface area contributed by atoms with E-state index in [0.29, 0.717) is 33.7 Å². The molecule has 0 amide bonds. The van der Waals surface area contributed by atoms with E-state index in [-0.39, 0.29) is 6.10 Å². The first kappa shape index (κ1) is 19.3. The maximum absolute atomic E-state index is 12.8. The van der Waals surface area contributed by atoms with Gasteiger partial charge in [-0.15, -0.1) is 0 Å². The molecular formula is C20H22N2O4. The number of nitrogens with one attached hydrogen (secondary N) is 1. The molecular weight excluding hydrogens is 332 g/mol. The van der Waals surface area contributed by atoms with Gasteiger partial charge in [0.25, 0.3) is 0 Å². The fourth-order valence-electron chi connectivity index (χ4n) is 3.04. The van der Waals surface area contributed by atoms with Gasteiger partial charge >= 0.3 is 11.9 Å². The summed E-state index contributed by atoms with van der Waals surface area (Å²) < 4.78 is 10.3. The number of benzene rings is 1. The van der Waals surface area contributed by atoms with Gasteiger partial charge in [0.15, 0.2) is 0 Å². The van der Waals surface area contributed by atoms with Gasteiger partial charge in [-0.2, -0.15) is 5.26 Å². The predicted molar refractivity (Wildman–Crippen MR) is 95.7 cm³/mol. The number of ether oxygens (including phenoxy) is 2. The van der Waals surface area contributed by atoms with Crippen LogP contribution in [0.15, 0.2) is 46.8 Å². The highest BCUT2D eigenvalue weighted by Gasteiger charge is 2.38. The van der Waals surface area contributed by atoms with Crippen molar-refractivity contribution in [2.45, 2.75) is 39.7 Å². The molecule has 26 heavy (non-hydrogen) atoms. The molecule has 1 aliphatic rings. The molecule has 136 valence electrons. The molecule has 2 rings (SSSR count). The lowest BCUT2D eigenvalue weighted by atomic mass is 9.80. The third kappa shape index (κ3) is 3.77. The average molecular weight is 354 g/mol. The number of nitriles is 1. The lowest BCUT2D eigenvalue weighted by Crippen LogP contribution is -2.33. The van der Waals surface area contributed by atoms with Crippen LogP contribution in [0.5, 0.6) is 0 Å². The Hall–Kier alpha value is -3.07. The Morgan fingerprint density at radius 1 is 1.15 bits per heavy atom. The smallest absolute Gasteiger partial charge is 0.337 e. The Morgan fingerprint density at radius 3 is 2.31 bits per heavy atom. The maximum atomic E-state index is 12.8. The molecule has 6 heteroatoms. The topological polar surface area (TPSA) is 88.4 Å². The monoisotopic (exact) mass is 354 g/mol. The molecule has 0 saturated heterocycles. The van der Waals surface area contributed by atoms with E-state index in [1.807, 2.05) is 0 Å². The molecule has 0 aromatic heterocycles. The summed E-state index contributed by atoms with van der Waals surface area (Å²) in [6.07, 6.45) is -0.303. The van der Waals surface area contributed by atoms with Crippen molar-refractivity contribution < 1.29 is 19.1 Å². The normalized spacial score (nSPS) is 16.9. The van der Waals surface area contributed by atoms with Gasteiger partial charge in [-0.1, -0.05) is 12.1 Å². The van der Waals surface area contributed by atoms with Gasteiger partial charge in [0.1, 0.15) is 0 Å². The van der Waals surface area contributed by atoms with E-state index in [9.17, 15) is 14.9 Å². The second kappa shape index (κ2) is 7.87. The van der Waals surface area contributed by atoms with E-state index in [1.165, 1.54) is 7.11 Å². The van der Waals surface area contributed by atoms with Crippen LogP contribution in [0, 0.1) is 11.3 Å². The predicted octanol–water partition coefficient (Wildman–Crippen LogP) is 2.92. The van der Waals surface area contributed by atoms with Crippen molar-refractivity contribution in [2.75, 3.05) is 7.11 Å². The standard InChI is InChI=1S/C20H22N2O4/c1-11(2)26-20(24)17-13(4)22-12(3)16(19(23)25-5)18(17)15-8-6-7-14(9-15)10-21/h6-9,11,18,22H,1-5H3. The zero-order valence-corrected chi connectivity index (χ0v) is 15.5. The minimum atomic E-state index is -0.678. The zero-order chi connectivity index (χ0) is 19.4. The molecule has 6 nitrogen and oxygen atoms in total. The molecule has 1 aliphatic heterocycles. The van der Waals surface area contributed by atoms with Gasteiger partial charge in [0, 0.05) is 11.4 Å². The van der Waals surface area contributed by atoms with E-state index in [2.05, 4.69) is 11.4 Å². The third-order valence-corrected chi connectivity index (χ3v) is 4.08. The lowest BCUT2D eigenvalue weighted by Gasteiger charge is -2.30. The van der Waals surface area contributed by atoms with Gasteiger partial charge in [-0.25, -0.2) is 9.59 Å². The summed E-state index contributed by atoms with van der Waals surface area (Å²) in [4.78, 5) is 25.2. The van der Waals surface area contributed by atoms with Crippen molar-refractivity contribution in [1.29, 1.82) is 5.26 Å². The van der Waals surface area contributed by atoms with Crippen LogP contribution in [0.2, 0.25) is 0 Å². The van der Waals surface area contributed by atoms with E-state index >= 15 is 0 Å². The highest BCUT2D eigenvalue weighted by Crippen LogP contribution is 2.39. The lowest BCUT2D eigenvalue weighted by molar-refractivity contribution is -0.143. The number of nitrogens with zero attached hydrogens (tertiary/aromatic N) is 1. The summed E-state index contributed by atoms with van der Waals surface area (Å²) in [6, 6.07) is 8.92. The number of esters is 2. The molecule has 0 radical (unpaired) electrons. The molecule has 0 saturated carbocycles. The number of hydrogen-bond acceptors (Lipinski definition) is 6. The van der Waals surface area contributed by atoms with E-state index < -0.39 is 17.9 Å². The highest BCUT2D eigenvalue weighted by atomic mass is 16.5. The second-order valence-corrected chi connectivity index (χ2v) is 6.32. The summed E-state index contributed by atoms with van der Waals surface area (Å²) in [7, 11) is 1.29. The summed E-state index contributed by atoms with van der Waals surface area (Å²) >= 11 is 0. The van der Waals surface area contributed by atoms with Crippen LogP contribution in [-0.2, 0) is 19.1 Å². The second-order valence-electron chi connectivity index (χ2n) is 6.32. The van der Waals surface area contributed by atoms with Crippen molar-refractivity contribution in [3.63, 3.8) is 0 Å². The van der Waals surface area contributed by atoms with Crippen LogP contribution in [-0.4, -0.2) is 25.2 Å². The Balaban J connectivity index is 2.68.